The van der Waals surface area contributed by atoms with E-state index in [9.17, 15) is 8.78 Å². The number of rotatable bonds is 7. The molecule has 0 saturated carbocycles. The summed E-state index contributed by atoms with van der Waals surface area (Å²) in [5, 5.41) is 4.25. The summed E-state index contributed by atoms with van der Waals surface area (Å²) in [7, 11) is -1.22. The van der Waals surface area contributed by atoms with Crippen LogP contribution in [0.5, 0.6) is 0 Å². The number of ether oxygens (including phenoxy) is 1. The van der Waals surface area contributed by atoms with Crippen molar-refractivity contribution in [3.05, 3.63) is 22.6 Å². The van der Waals surface area contributed by atoms with Crippen molar-refractivity contribution in [2.45, 2.75) is 45.8 Å². The second-order valence-corrected chi connectivity index (χ2v) is 13.3. The maximum atomic E-state index is 13.2. The minimum atomic E-state index is -2.85. The van der Waals surface area contributed by atoms with Gasteiger partial charge in [0.1, 0.15) is 17.6 Å². The molecule has 0 aliphatic rings. The summed E-state index contributed by atoms with van der Waals surface area (Å²) in [5.74, 6) is 0. The molecule has 2 rings (SSSR count). The first-order chi connectivity index (χ1) is 12.0. The van der Waals surface area contributed by atoms with Crippen molar-refractivity contribution in [2.24, 2.45) is 0 Å². The van der Waals surface area contributed by atoms with Gasteiger partial charge >= 0.3 is 0 Å². The van der Waals surface area contributed by atoms with Gasteiger partial charge in [0.15, 0.2) is 0 Å². The number of nitrogens with zero attached hydrogens (tertiary/aromatic N) is 3. The van der Waals surface area contributed by atoms with E-state index >= 15 is 0 Å². The van der Waals surface area contributed by atoms with Crippen LogP contribution in [0.1, 0.15) is 17.8 Å². The van der Waals surface area contributed by atoms with Gasteiger partial charge in [-0.05, 0) is 19.0 Å². The van der Waals surface area contributed by atoms with Gasteiger partial charge in [0.25, 0.3) is 6.43 Å². The molecule has 0 saturated heterocycles. The fourth-order valence-corrected chi connectivity index (χ4v) is 3.36. The molecule has 6 nitrogen and oxygen atoms in total. The molecular formula is C16H24ClF2N5OSi. The Morgan fingerprint density at radius 2 is 1.92 bits per heavy atom. The van der Waals surface area contributed by atoms with Gasteiger partial charge in [-0.1, -0.05) is 31.2 Å². The van der Waals surface area contributed by atoms with E-state index in [1.807, 2.05) is 0 Å². The number of anilines is 2. The molecule has 2 heterocycles. The molecule has 26 heavy (non-hydrogen) atoms. The van der Waals surface area contributed by atoms with Gasteiger partial charge in [0.2, 0.25) is 0 Å². The zero-order valence-electron chi connectivity index (χ0n) is 15.3. The third kappa shape index (κ3) is 4.71. The maximum absolute atomic E-state index is 13.2. The van der Waals surface area contributed by atoms with Crippen LogP contribution in [-0.4, -0.2) is 29.4 Å². The van der Waals surface area contributed by atoms with Crippen LogP contribution in [0.4, 0.5) is 20.2 Å². The quantitative estimate of drug-likeness (QED) is 0.408. The molecule has 0 amide bonds. The number of nitrogens with two attached hydrogens (primary N) is 2. The lowest BCUT2D eigenvalue weighted by Gasteiger charge is -2.16. The minimum Gasteiger partial charge on any atom is -0.397 e. The van der Waals surface area contributed by atoms with E-state index in [1.54, 1.807) is 6.92 Å². The van der Waals surface area contributed by atoms with Crippen molar-refractivity contribution < 1.29 is 13.5 Å². The fourth-order valence-electron chi connectivity index (χ4n) is 2.41. The molecule has 0 radical (unpaired) electrons. The molecule has 0 aromatic carbocycles. The Morgan fingerprint density at radius 3 is 2.50 bits per heavy atom. The highest BCUT2D eigenvalue weighted by Gasteiger charge is 2.23. The Bertz CT molecular complexity index is 792. The first-order valence-electron chi connectivity index (χ1n) is 8.16. The molecule has 0 aliphatic carbocycles. The Balaban J connectivity index is 2.38. The lowest BCUT2D eigenvalue weighted by atomic mass is 10.1. The molecule has 10 heteroatoms. The summed E-state index contributed by atoms with van der Waals surface area (Å²) in [5.41, 5.74) is 12.9. The van der Waals surface area contributed by atoms with Crippen LogP contribution >= 0.6 is 11.6 Å². The summed E-state index contributed by atoms with van der Waals surface area (Å²) >= 11 is 5.91. The largest absolute Gasteiger partial charge is 0.397 e. The van der Waals surface area contributed by atoms with Crippen LogP contribution in [0, 0.1) is 6.92 Å². The molecule has 0 bridgehead atoms. The van der Waals surface area contributed by atoms with Gasteiger partial charge in [-0.15, -0.1) is 0 Å². The van der Waals surface area contributed by atoms with Crippen LogP contribution in [0.2, 0.25) is 30.8 Å². The smallest absolute Gasteiger partial charge is 0.282 e. The predicted molar refractivity (Wildman–Crippen MR) is 103 cm³/mol. The molecule has 2 aromatic heterocycles. The third-order valence-electron chi connectivity index (χ3n) is 3.90. The van der Waals surface area contributed by atoms with Crippen LogP contribution in [0.15, 0.2) is 6.07 Å². The molecule has 0 fully saturated rings. The molecular weight excluding hydrogens is 380 g/mol. The van der Waals surface area contributed by atoms with Gasteiger partial charge in [0, 0.05) is 20.2 Å². The Morgan fingerprint density at radius 1 is 1.27 bits per heavy atom. The van der Waals surface area contributed by atoms with Gasteiger partial charge < -0.3 is 16.2 Å². The summed E-state index contributed by atoms with van der Waals surface area (Å²) in [6.45, 7) is 9.21. The standard InChI is InChI=1S/C16H24ClF2N5OSi/c1-9-12(20)15(24(23-9)8-25-5-6-26(2,3)4)10-7-11(17)22-14(13(10)21)16(18)19/h7,16H,5-6,8,20-21H2,1-4H3. The lowest BCUT2D eigenvalue weighted by Crippen LogP contribution is -2.22. The maximum Gasteiger partial charge on any atom is 0.282 e. The highest BCUT2D eigenvalue weighted by atomic mass is 35.5. The zero-order valence-corrected chi connectivity index (χ0v) is 17.1. The number of pyridine rings is 1. The van der Waals surface area contributed by atoms with Crippen LogP contribution in [-0.2, 0) is 11.5 Å². The number of hydrogen-bond acceptors (Lipinski definition) is 5. The van der Waals surface area contributed by atoms with Gasteiger partial charge in [-0.25, -0.2) is 18.4 Å². The summed E-state index contributed by atoms with van der Waals surface area (Å²) in [6, 6.07) is 2.41. The molecule has 0 aliphatic heterocycles. The number of aryl methyl sites for hydroxylation is 1. The zero-order chi connectivity index (χ0) is 19.6. The molecule has 2 aromatic rings. The van der Waals surface area contributed by atoms with E-state index in [0.29, 0.717) is 23.7 Å². The Kier molecular flexibility index (Phi) is 6.25. The fraction of sp³-hybridized carbons (Fsp3) is 0.500. The van der Waals surface area contributed by atoms with Crippen molar-refractivity contribution in [3.63, 3.8) is 0 Å². The molecule has 144 valence electrons. The van der Waals surface area contributed by atoms with Gasteiger partial charge in [-0.3, -0.25) is 0 Å². The van der Waals surface area contributed by atoms with E-state index < -0.39 is 20.2 Å². The first-order valence-corrected chi connectivity index (χ1v) is 12.2. The molecule has 0 atom stereocenters. The normalized spacial score (nSPS) is 12.2. The van der Waals surface area contributed by atoms with Crippen LogP contribution in [0.25, 0.3) is 11.3 Å². The average molecular weight is 404 g/mol. The highest BCUT2D eigenvalue weighted by molar-refractivity contribution is 6.76. The first kappa shape index (κ1) is 20.6. The van der Waals surface area contributed by atoms with E-state index in [-0.39, 0.29) is 23.1 Å². The second kappa shape index (κ2) is 7.89. The van der Waals surface area contributed by atoms with Crippen molar-refractivity contribution >= 4 is 31.0 Å². The second-order valence-electron chi connectivity index (χ2n) is 7.29. The summed E-state index contributed by atoms with van der Waals surface area (Å²) in [6.07, 6.45) is -2.85. The summed E-state index contributed by atoms with van der Waals surface area (Å²) in [4.78, 5) is 3.62. The Labute approximate surface area is 157 Å². The van der Waals surface area contributed by atoms with E-state index in [4.69, 9.17) is 27.8 Å². The van der Waals surface area contributed by atoms with Gasteiger partial charge in [-0.2, -0.15) is 5.10 Å². The van der Waals surface area contributed by atoms with Crippen molar-refractivity contribution in [2.75, 3.05) is 18.1 Å². The van der Waals surface area contributed by atoms with E-state index in [0.717, 1.165) is 6.04 Å². The number of aromatic nitrogens is 3. The van der Waals surface area contributed by atoms with Gasteiger partial charge in [0.05, 0.1) is 22.8 Å². The summed E-state index contributed by atoms with van der Waals surface area (Å²) < 4.78 is 33.6. The number of alkyl halides is 2. The average Bonchev–Trinajstić information content (AvgIpc) is 2.79. The highest BCUT2D eigenvalue weighted by Crippen LogP contribution is 2.38. The lowest BCUT2D eigenvalue weighted by molar-refractivity contribution is 0.0796. The number of halogens is 3. The van der Waals surface area contributed by atoms with Crippen LogP contribution in [0.3, 0.4) is 0 Å². The number of nitrogen functional groups attached to an aromatic ring is 2. The number of hydrogen-bond donors (Lipinski definition) is 2. The molecule has 0 spiro atoms. The third-order valence-corrected chi connectivity index (χ3v) is 5.80. The van der Waals surface area contributed by atoms with Crippen molar-refractivity contribution in [1.82, 2.24) is 14.8 Å². The van der Waals surface area contributed by atoms with Crippen LogP contribution < -0.4 is 11.5 Å². The predicted octanol–water partition coefficient (Wildman–Crippen LogP) is 4.32. The van der Waals surface area contributed by atoms with Crippen molar-refractivity contribution in [3.8, 4) is 11.3 Å². The van der Waals surface area contributed by atoms with E-state index in [2.05, 4.69) is 29.7 Å². The van der Waals surface area contributed by atoms with Crippen molar-refractivity contribution in [1.29, 1.82) is 0 Å². The molecule has 4 N–H and O–H groups in total. The van der Waals surface area contributed by atoms with E-state index in [1.165, 1.54) is 10.7 Å². The SMILES string of the molecule is Cc1nn(COCC[Si](C)(C)C)c(-c2cc(Cl)nc(C(F)F)c2N)c1N. The minimum absolute atomic E-state index is 0.0889. The molecule has 0 unspecified atom stereocenters. The Hall–Kier alpha value is -1.71. The monoisotopic (exact) mass is 403 g/mol. The topological polar surface area (TPSA) is 92.0 Å².